The Balaban J connectivity index is 2.18. The molecule has 1 aliphatic carbocycles. The highest BCUT2D eigenvalue weighted by atomic mass is 79.9. The van der Waals surface area contributed by atoms with E-state index in [2.05, 4.69) is 15.9 Å². The topological polar surface area (TPSA) is 35.5 Å². The molecule has 0 unspecified atom stereocenters. The van der Waals surface area contributed by atoms with Crippen LogP contribution in [-0.2, 0) is 16.0 Å². The first-order chi connectivity index (χ1) is 9.61. The lowest BCUT2D eigenvalue weighted by Crippen LogP contribution is -2.40. The highest BCUT2D eigenvalue weighted by Gasteiger charge is 2.41. The molecule has 0 bridgehead atoms. The maximum absolute atomic E-state index is 12.7. The van der Waals surface area contributed by atoms with Crippen LogP contribution >= 0.6 is 15.9 Å². The molecule has 3 nitrogen and oxygen atoms in total. The number of rotatable bonds is 6. The Labute approximate surface area is 128 Å². The number of hydrogen-bond donors (Lipinski definition) is 0. The van der Waals surface area contributed by atoms with Gasteiger partial charge in [-0.05, 0) is 56.4 Å². The Bertz CT molecular complexity index is 479. The van der Waals surface area contributed by atoms with Gasteiger partial charge in [0.2, 0.25) is 0 Å². The third-order valence-corrected chi connectivity index (χ3v) is 4.72. The van der Waals surface area contributed by atoms with Crippen LogP contribution in [0.3, 0.4) is 0 Å². The summed E-state index contributed by atoms with van der Waals surface area (Å²) in [5.41, 5.74) is 0.400. The summed E-state index contributed by atoms with van der Waals surface area (Å²) in [5.74, 6) is 0.957. The predicted octanol–water partition coefficient (Wildman–Crippen LogP) is 3.92. The fraction of sp³-hybridized carbons (Fsp3) is 0.562. The van der Waals surface area contributed by atoms with E-state index >= 15 is 0 Å². The smallest absolute Gasteiger partial charge is 0.169 e. The fourth-order valence-corrected chi connectivity index (χ4v) is 3.26. The lowest BCUT2D eigenvalue weighted by atomic mass is 9.91. The molecule has 0 aromatic heterocycles. The van der Waals surface area contributed by atoms with Crippen LogP contribution in [0, 0.1) is 0 Å². The summed E-state index contributed by atoms with van der Waals surface area (Å²) in [6.07, 6.45) is 4.23. The van der Waals surface area contributed by atoms with E-state index in [1.807, 2.05) is 25.1 Å². The third-order valence-electron chi connectivity index (χ3n) is 3.94. The van der Waals surface area contributed by atoms with Crippen LogP contribution in [0.25, 0.3) is 0 Å². The van der Waals surface area contributed by atoms with Crippen LogP contribution in [0.15, 0.2) is 22.7 Å². The van der Waals surface area contributed by atoms with Gasteiger partial charge in [0.05, 0.1) is 7.11 Å². The normalized spacial score (nSPS) is 17.1. The number of methoxy groups -OCH3 is 1. The van der Waals surface area contributed by atoms with Crippen molar-refractivity contribution in [1.82, 2.24) is 0 Å². The molecule has 0 aliphatic heterocycles. The van der Waals surface area contributed by atoms with E-state index in [1.54, 1.807) is 7.11 Å². The van der Waals surface area contributed by atoms with Crippen molar-refractivity contribution in [3.8, 4) is 5.75 Å². The highest BCUT2D eigenvalue weighted by Crippen LogP contribution is 2.36. The molecule has 0 atom stereocenters. The standard InChI is InChI=1S/C16H21BrO3/c1-3-20-16(8-4-5-9-16)15(18)11-12-10-13(19-2)6-7-14(12)17/h6-7,10H,3-5,8-9,11H2,1-2H3. The van der Waals surface area contributed by atoms with Crippen molar-refractivity contribution in [2.45, 2.75) is 44.6 Å². The molecule has 1 aliphatic rings. The number of halogens is 1. The summed E-state index contributed by atoms with van der Waals surface area (Å²) in [6.45, 7) is 2.54. The number of benzene rings is 1. The Hall–Kier alpha value is -0.870. The maximum Gasteiger partial charge on any atom is 0.169 e. The van der Waals surface area contributed by atoms with Gasteiger partial charge in [0.25, 0.3) is 0 Å². The molecular formula is C16H21BrO3. The van der Waals surface area contributed by atoms with E-state index in [1.165, 1.54) is 0 Å². The Morgan fingerprint density at radius 1 is 1.35 bits per heavy atom. The Kier molecular flexibility index (Phi) is 5.22. The zero-order valence-corrected chi connectivity index (χ0v) is 13.7. The van der Waals surface area contributed by atoms with Gasteiger partial charge in [-0.25, -0.2) is 0 Å². The molecular weight excluding hydrogens is 320 g/mol. The average molecular weight is 341 g/mol. The molecule has 1 fully saturated rings. The number of hydrogen-bond acceptors (Lipinski definition) is 3. The van der Waals surface area contributed by atoms with Crippen LogP contribution in [0.5, 0.6) is 5.75 Å². The number of carbonyl (C=O) groups is 1. The molecule has 0 spiro atoms. The molecule has 1 saturated carbocycles. The van der Waals surface area contributed by atoms with E-state index in [0.29, 0.717) is 13.0 Å². The van der Waals surface area contributed by atoms with Crippen molar-refractivity contribution in [3.05, 3.63) is 28.2 Å². The van der Waals surface area contributed by atoms with Crippen molar-refractivity contribution in [2.75, 3.05) is 13.7 Å². The first-order valence-corrected chi connectivity index (χ1v) is 7.90. The number of ether oxygens (including phenoxy) is 2. The van der Waals surface area contributed by atoms with Gasteiger partial charge < -0.3 is 9.47 Å². The molecule has 1 aromatic carbocycles. The zero-order chi connectivity index (χ0) is 14.6. The Morgan fingerprint density at radius 2 is 2.05 bits per heavy atom. The second-order valence-corrected chi connectivity index (χ2v) is 6.05. The van der Waals surface area contributed by atoms with Crippen molar-refractivity contribution in [2.24, 2.45) is 0 Å². The lowest BCUT2D eigenvalue weighted by Gasteiger charge is -2.27. The van der Waals surface area contributed by atoms with Gasteiger partial charge in [0, 0.05) is 17.5 Å². The summed E-state index contributed by atoms with van der Waals surface area (Å²) in [4.78, 5) is 12.7. The fourth-order valence-electron chi connectivity index (χ4n) is 2.87. The summed E-state index contributed by atoms with van der Waals surface area (Å²) in [7, 11) is 1.63. The van der Waals surface area contributed by atoms with Gasteiger partial charge in [-0.1, -0.05) is 15.9 Å². The van der Waals surface area contributed by atoms with E-state index in [0.717, 1.165) is 41.5 Å². The van der Waals surface area contributed by atoms with Crippen LogP contribution in [-0.4, -0.2) is 25.1 Å². The third kappa shape index (κ3) is 3.23. The molecule has 1 aromatic rings. The van der Waals surface area contributed by atoms with Crippen molar-refractivity contribution >= 4 is 21.7 Å². The van der Waals surface area contributed by atoms with Gasteiger partial charge >= 0.3 is 0 Å². The van der Waals surface area contributed by atoms with E-state index in [9.17, 15) is 4.79 Å². The van der Waals surface area contributed by atoms with Crippen LogP contribution in [0.2, 0.25) is 0 Å². The average Bonchev–Trinajstić information content (AvgIpc) is 2.91. The van der Waals surface area contributed by atoms with Crippen molar-refractivity contribution in [3.63, 3.8) is 0 Å². The van der Waals surface area contributed by atoms with Gasteiger partial charge in [0.15, 0.2) is 5.78 Å². The molecule has 4 heteroatoms. The molecule has 110 valence electrons. The molecule has 0 saturated heterocycles. The monoisotopic (exact) mass is 340 g/mol. The van der Waals surface area contributed by atoms with Gasteiger partial charge in [-0.3, -0.25) is 4.79 Å². The summed E-state index contributed by atoms with van der Waals surface area (Å²) in [6, 6.07) is 5.71. The predicted molar refractivity (Wildman–Crippen MR) is 82.2 cm³/mol. The molecule has 0 heterocycles. The van der Waals surface area contributed by atoms with Crippen molar-refractivity contribution < 1.29 is 14.3 Å². The molecule has 20 heavy (non-hydrogen) atoms. The minimum atomic E-state index is -0.558. The lowest BCUT2D eigenvalue weighted by molar-refractivity contribution is -0.142. The molecule has 0 N–H and O–H groups in total. The number of Topliss-reactive ketones (excluding diaryl/α,β-unsaturated/α-hetero) is 1. The number of carbonyl (C=O) groups excluding carboxylic acids is 1. The summed E-state index contributed by atoms with van der Waals surface area (Å²) < 4.78 is 12.0. The van der Waals surface area contributed by atoms with E-state index < -0.39 is 5.60 Å². The maximum atomic E-state index is 12.7. The first kappa shape index (κ1) is 15.5. The van der Waals surface area contributed by atoms with E-state index in [4.69, 9.17) is 9.47 Å². The first-order valence-electron chi connectivity index (χ1n) is 7.11. The van der Waals surface area contributed by atoms with Crippen LogP contribution in [0.1, 0.15) is 38.2 Å². The second kappa shape index (κ2) is 6.72. The van der Waals surface area contributed by atoms with Gasteiger partial charge in [0.1, 0.15) is 11.4 Å². The second-order valence-electron chi connectivity index (χ2n) is 5.19. The van der Waals surface area contributed by atoms with Crippen LogP contribution < -0.4 is 4.74 Å². The summed E-state index contributed by atoms with van der Waals surface area (Å²) in [5, 5.41) is 0. The molecule has 0 amide bonds. The minimum absolute atomic E-state index is 0.186. The van der Waals surface area contributed by atoms with Crippen molar-refractivity contribution in [1.29, 1.82) is 0 Å². The number of ketones is 1. The van der Waals surface area contributed by atoms with E-state index in [-0.39, 0.29) is 5.78 Å². The van der Waals surface area contributed by atoms with Gasteiger partial charge in [-0.15, -0.1) is 0 Å². The minimum Gasteiger partial charge on any atom is -0.497 e. The molecule has 2 rings (SSSR count). The summed E-state index contributed by atoms with van der Waals surface area (Å²) >= 11 is 3.50. The van der Waals surface area contributed by atoms with Gasteiger partial charge in [-0.2, -0.15) is 0 Å². The largest absolute Gasteiger partial charge is 0.497 e. The highest BCUT2D eigenvalue weighted by molar-refractivity contribution is 9.10. The quantitative estimate of drug-likeness (QED) is 0.787. The molecule has 0 radical (unpaired) electrons. The van der Waals surface area contributed by atoms with Crippen LogP contribution in [0.4, 0.5) is 0 Å². The zero-order valence-electron chi connectivity index (χ0n) is 12.1. The SMILES string of the molecule is CCOC1(C(=O)Cc2cc(OC)ccc2Br)CCCC1. The Morgan fingerprint density at radius 3 is 2.65 bits per heavy atom.